The molecule has 0 aromatic heterocycles. The van der Waals surface area contributed by atoms with Crippen molar-refractivity contribution in [2.45, 2.75) is 38.3 Å². The molecule has 1 aromatic carbocycles. The first-order valence-corrected chi connectivity index (χ1v) is 7.62. The Hall–Kier alpha value is -1.04. The Morgan fingerprint density at radius 1 is 1.29 bits per heavy atom. The second-order valence-corrected chi connectivity index (χ2v) is 5.60. The number of benzene rings is 1. The summed E-state index contributed by atoms with van der Waals surface area (Å²) in [5, 5.41) is 0. The molecule has 1 aromatic rings. The summed E-state index contributed by atoms with van der Waals surface area (Å²) in [5.74, 6) is -1.57. The molecule has 0 bridgehead atoms. The molecule has 0 radical (unpaired) electrons. The Bertz CT molecular complexity index is 448. The van der Waals surface area contributed by atoms with Gasteiger partial charge in [-0.25, -0.2) is 8.78 Å². The highest BCUT2D eigenvalue weighted by molar-refractivity contribution is 5.21. The van der Waals surface area contributed by atoms with Crippen molar-refractivity contribution in [1.82, 2.24) is 4.90 Å². The van der Waals surface area contributed by atoms with Gasteiger partial charge in [0, 0.05) is 25.7 Å². The van der Waals surface area contributed by atoms with E-state index in [0.29, 0.717) is 12.6 Å². The van der Waals surface area contributed by atoms with Crippen LogP contribution in [0, 0.1) is 11.6 Å². The van der Waals surface area contributed by atoms with Crippen LogP contribution in [0.5, 0.6) is 0 Å². The van der Waals surface area contributed by atoms with Gasteiger partial charge in [-0.05, 0) is 50.4 Å². The number of halogens is 2. The summed E-state index contributed by atoms with van der Waals surface area (Å²) < 4.78 is 32.1. The summed E-state index contributed by atoms with van der Waals surface area (Å²) in [4.78, 5) is 2.29. The fourth-order valence-electron chi connectivity index (χ4n) is 2.75. The van der Waals surface area contributed by atoms with Crippen LogP contribution in [0.25, 0.3) is 0 Å². The standard InChI is InChI=1S/C16H24F2N2O/c1-12(13-3-4-15(17)16(18)11-13)20-8-5-14(6-9-20)21-10-2-7-19/h3-4,11-12,14H,2,5-10,19H2,1H3. The van der Waals surface area contributed by atoms with Crippen LogP contribution in [0.4, 0.5) is 8.78 Å². The molecule has 0 spiro atoms. The van der Waals surface area contributed by atoms with Crippen LogP contribution in [-0.4, -0.2) is 37.2 Å². The lowest BCUT2D eigenvalue weighted by Crippen LogP contribution is -2.38. The van der Waals surface area contributed by atoms with E-state index in [0.717, 1.165) is 44.5 Å². The van der Waals surface area contributed by atoms with Crippen LogP contribution in [0.3, 0.4) is 0 Å². The number of nitrogens with two attached hydrogens (primary N) is 1. The van der Waals surface area contributed by atoms with E-state index in [1.807, 2.05) is 6.92 Å². The molecule has 1 saturated heterocycles. The molecule has 1 aliphatic heterocycles. The van der Waals surface area contributed by atoms with Gasteiger partial charge in [0.25, 0.3) is 0 Å². The van der Waals surface area contributed by atoms with Crippen molar-refractivity contribution in [2.24, 2.45) is 5.73 Å². The SMILES string of the molecule is CC(c1ccc(F)c(F)c1)N1CCC(OCCCN)CC1. The number of hydrogen-bond acceptors (Lipinski definition) is 3. The van der Waals surface area contributed by atoms with Gasteiger partial charge in [0.05, 0.1) is 6.10 Å². The van der Waals surface area contributed by atoms with Crippen molar-refractivity contribution in [1.29, 1.82) is 0 Å². The Morgan fingerprint density at radius 3 is 2.62 bits per heavy atom. The monoisotopic (exact) mass is 298 g/mol. The van der Waals surface area contributed by atoms with E-state index in [2.05, 4.69) is 4.90 Å². The molecule has 21 heavy (non-hydrogen) atoms. The zero-order chi connectivity index (χ0) is 15.2. The predicted octanol–water partition coefficient (Wildman–Crippen LogP) is 2.86. The minimum atomic E-state index is -0.794. The summed E-state index contributed by atoms with van der Waals surface area (Å²) >= 11 is 0. The molecule has 1 atom stereocenters. The Balaban J connectivity index is 1.85. The van der Waals surface area contributed by atoms with E-state index in [1.165, 1.54) is 12.1 Å². The van der Waals surface area contributed by atoms with Gasteiger partial charge in [-0.1, -0.05) is 6.07 Å². The Kier molecular flexibility index (Phi) is 6.08. The summed E-state index contributed by atoms with van der Waals surface area (Å²) in [5.41, 5.74) is 6.26. The van der Waals surface area contributed by atoms with Gasteiger partial charge in [-0.15, -0.1) is 0 Å². The van der Waals surface area contributed by atoms with Crippen LogP contribution in [0.1, 0.15) is 37.8 Å². The zero-order valence-electron chi connectivity index (χ0n) is 12.5. The Labute approximate surface area is 125 Å². The van der Waals surface area contributed by atoms with E-state index in [4.69, 9.17) is 10.5 Å². The minimum Gasteiger partial charge on any atom is -0.378 e. The molecule has 1 unspecified atom stereocenters. The van der Waals surface area contributed by atoms with Crippen molar-refractivity contribution in [3.8, 4) is 0 Å². The molecule has 0 amide bonds. The van der Waals surface area contributed by atoms with Gasteiger partial charge in [0.2, 0.25) is 0 Å². The molecular formula is C16H24F2N2O. The normalized spacial score (nSPS) is 18.9. The zero-order valence-corrected chi connectivity index (χ0v) is 12.5. The summed E-state index contributed by atoms with van der Waals surface area (Å²) in [7, 11) is 0. The number of ether oxygens (including phenoxy) is 1. The van der Waals surface area contributed by atoms with Crippen LogP contribution in [0.15, 0.2) is 18.2 Å². The molecule has 1 fully saturated rings. The topological polar surface area (TPSA) is 38.5 Å². The summed E-state index contributed by atoms with van der Waals surface area (Å²) in [6, 6.07) is 4.24. The van der Waals surface area contributed by atoms with E-state index in [1.54, 1.807) is 6.07 Å². The van der Waals surface area contributed by atoms with Gasteiger partial charge in [0.1, 0.15) is 0 Å². The largest absolute Gasteiger partial charge is 0.378 e. The third-order valence-corrected chi connectivity index (χ3v) is 4.15. The number of piperidine rings is 1. The average molecular weight is 298 g/mol. The van der Waals surface area contributed by atoms with Gasteiger partial charge in [-0.2, -0.15) is 0 Å². The molecule has 2 rings (SSSR count). The summed E-state index contributed by atoms with van der Waals surface area (Å²) in [6.07, 6.45) is 3.13. The van der Waals surface area contributed by atoms with Gasteiger partial charge >= 0.3 is 0 Å². The number of likely N-dealkylation sites (tertiary alicyclic amines) is 1. The quantitative estimate of drug-likeness (QED) is 0.821. The average Bonchev–Trinajstić information content (AvgIpc) is 2.50. The Morgan fingerprint density at radius 2 is 2.00 bits per heavy atom. The molecule has 1 heterocycles. The minimum absolute atomic E-state index is 0.0880. The van der Waals surface area contributed by atoms with Crippen molar-refractivity contribution in [3.63, 3.8) is 0 Å². The molecule has 118 valence electrons. The number of hydrogen-bond donors (Lipinski definition) is 1. The smallest absolute Gasteiger partial charge is 0.159 e. The molecule has 2 N–H and O–H groups in total. The molecular weight excluding hydrogens is 274 g/mol. The first kappa shape index (κ1) is 16.3. The van der Waals surface area contributed by atoms with Crippen LogP contribution in [0.2, 0.25) is 0 Å². The van der Waals surface area contributed by atoms with Gasteiger partial charge in [0.15, 0.2) is 11.6 Å². The van der Waals surface area contributed by atoms with Crippen molar-refractivity contribution in [3.05, 3.63) is 35.4 Å². The lowest BCUT2D eigenvalue weighted by atomic mass is 10.0. The van der Waals surface area contributed by atoms with Gasteiger partial charge in [-0.3, -0.25) is 4.90 Å². The molecule has 0 saturated carbocycles. The van der Waals surface area contributed by atoms with Gasteiger partial charge < -0.3 is 10.5 Å². The highest BCUT2D eigenvalue weighted by Gasteiger charge is 2.24. The highest BCUT2D eigenvalue weighted by atomic mass is 19.2. The second-order valence-electron chi connectivity index (χ2n) is 5.60. The predicted molar refractivity (Wildman–Crippen MR) is 79.0 cm³/mol. The van der Waals surface area contributed by atoms with E-state index in [-0.39, 0.29) is 6.04 Å². The van der Waals surface area contributed by atoms with Crippen LogP contribution < -0.4 is 5.73 Å². The number of rotatable bonds is 6. The van der Waals surface area contributed by atoms with Crippen LogP contribution in [-0.2, 0) is 4.74 Å². The van der Waals surface area contributed by atoms with E-state index in [9.17, 15) is 8.78 Å². The molecule has 3 nitrogen and oxygen atoms in total. The third kappa shape index (κ3) is 4.46. The third-order valence-electron chi connectivity index (χ3n) is 4.15. The maximum absolute atomic E-state index is 13.3. The fourth-order valence-corrected chi connectivity index (χ4v) is 2.75. The van der Waals surface area contributed by atoms with Crippen molar-refractivity contribution >= 4 is 0 Å². The molecule has 0 aliphatic carbocycles. The van der Waals surface area contributed by atoms with Crippen LogP contribution >= 0.6 is 0 Å². The fraction of sp³-hybridized carbons (Fsp3) is 0.625. The van der Waals surface area contributed by atoms with Crippen molar-refractivity contribution < 1.29 is 13.5 Å². The number of nitrogens with zero attached hydrogens (tertiary/aromatic N) is 1. The summed E-state index contributed by atoms with van der Waals surface area (Å²) in [6.45, 7) is 5.23. The van der Waals surface area contributed by atoms with E-state index < -0.39 is 11.6 Å². The molecule has 1 aliphatic rings. The lowest BCUT2D eigenvalue weighted by molar-refractivity contribution is -0.000779. The maximum Gasteiger partial charge on any atom is 0.159 e. The maximum atomic E-state index is 13.3. The second kappa shape index (κ2) is 7.82. The first-order chi connectivity index (χ1) is 10.1. The highest BCUT2D eigenvalue weighted by Crippen LogP contribution is 2.26. The van der Waals surface area contributed by atoms with Crippen molar-refractivity contribution in [2.75, 3.05) is 26.2 Å². The lowest BCUT2D eigenvalue weighted by Gasteiger charge is -2.36. The van der Waals surface area contributed by atoms with E-state index >= 15 is 0 Å². The first-order valence-electron chi connectivity index (χ1n) is 7.62. The molecule has 5 heteroatoms.